The molecule has 170 valence electrons. The predicted molar refractivity (Wildman–Crippen MR) is 127 cm³/mol. The number of furan rings is 1. The summed E-state index contributed by atoms with van der Waals surface area (Å²) in [4.78, 5) is 20.4. The number of nitrogens with one attached hydrogen (secondary N) is 2. The lowest BCUT2D eigenvalue weighted by Gasteiger charge is -2.18. The van der Waals surface area contributed by atoms with Gasteiger partial charge >= 0.3 is 0 Å². The van der Waals surface area contributed by atoms with Crippen LogP contribution in [0.2, 0.25) is 0 Å². The van der Waals surface area contributed by atoms with Crippen molar-refractivity contribution in [2.45, 2.75) is 37.5 Å². The summed E-state index contributed by atoms with van der Waals surface area (Å²) in [6.07, 6.45) is 4.62. The number of nitrogens with zero attached hydrogens (tertiary/aromatic N) is 2. The molecule has 0 saturated carbocycles. The zero-order valence-electron chi connectivity index (χ0n) is 18.5. The molecule has 8 nitrogen and oxygen atoms in total. The van der Waals surface area contributed by atoms with Crippen LogP contribution in [0.1, 0.15) is 31.9 Å². The Balaban J connectivity index is 1.45. The molecule has 0 atom stereocenters. The molecule has 0 bridgehead atoms. The molecule has 33 heavy (non-hydrogen) atoms. The third-order valence-electron chi connectivity index (χ3n) is 5.11. The van der Waals surface area contributed by atoms with E-state index in [1.165, 1.54) is 36.7 Å². The van der Waals surface area contributed by atoms with E-state index >= 15 is 0 Å². The van der Waals surface area contributed by atoms with Crippen molar-refractivity contribution in [1.82, 2.24) is 9.97 Å². The van der Waals surface area contributed by atoms with Gasteiger partial charge in [0.25, 0.3) is 10.0 Å². The van der Waals surface area contributed by atoms with Gasteiger partial charge in [-0.05, 0) is 53.4 Å². The first-order valence-electron chi connectivity index (χ1n) is 10.3. The summed E-state index contributed by atoms with van der Waals surface area (Å²) in [5, 5.41) is 3.71. The van der Waals surface area contributed by atoms with Crippen LogP contribution >= 0.6 is 0 Å². The van der Waals surface area contributed by atoms with Gasteiger partial charge in [-0.25, -0.2) is 23.1 Å². The zero-order chi connectivity index (χ0) is 23.6. The van der Waals surface area contributed by atoms with Crippen LogP contribution < -0.4 is 10.0 Å². The Bertz CT molecular complexity index is 1390. The minimum absolute atomic E-state index is 0.0168. The molecule has 0 spiro atoms. The number of fused-ring (bicyclic) bond motifs is 1. The second kappa shape index (κ2) is 8.67. The van der Waals surface area contributed by atoms with Gasteiger partial charge in [-0.3, -0.25) is 4.79 Å². The average molecular weight is 465 g/mol. The van der Waals surface area contributed by atoms with Crippen molar-refractivity contribution in [3.05, 3.63) is 78.3 Å². The summed E-state index contributed by atoms with van der Waals surface area (Å²) in [5.41, 5.74) is 3.15. The van der Waals surface area contributed by atoms with E-state index in [0.717, 1.165) is 22.1 Å². The number of sulfonamides is 1. The standard InChI is InChI=1S/C24H24N4O4S/c1-24(2,3)17-5-10-21-20(14-17)16(15-32-21)13-22(29)27-18-6-8-19(9-7-18)33(30,31)28-23-25-11-4-12-26-23/h4-12,14-15H,13H2,1-3H3,(H,27,29)(H,25,26,28). The summed E-state index contributed by atoms with van der Waals surface area (Å²) in [7, 11) is -3.84. The molecule has 9 heteroatoms. The van der Waals surface area contributed by atoms with Crippen molar-refractivity contribution in [3.8, 4) is 0 Å². The number of hydrogen-bond acceptors (Lipinski definition) is 6. The van der Waals surface area contributed by atoms with Crippen LogP contribution in [0.25, 0.3) is 11.0 Å². The van der Waals surface area contributed by atoms with Gasteiger partial charge in [0.05, 0.1) is 17.6 Å². The highest BCUT2D eigenvalue weighted by atomic mass is 32.2. The number of hydrogen-bond donors (Lipinski definition) is 2. The number of rotatable bonds is 6. The second-order valence-corrected chi connectivity index (χ2v) is 10.3. The fraction of sp³-hybridized carbons (Fsp3) is 0.208. The SMILES string of the molecule is CC(C)(C)c1ccc2occ(CC(=O)Nc3ccc(S(=O)(=O)Nc4ncccn4)cc3)c2c1. The number of amides is 1. The van der Waals surface area contributed by atoms with Gasteiger partial charge in [0, 0.05) is 29.0 Å². The van der Waals surface area contributed by atoms with Gasteiger partial charge < -0.3 is 9.73 Å². The molecular formula is C24H24N4O4S. The summed E-state index contributed by atoms with van der Waals surface area (Å²) in [6.45, 7) is 6.40. The topological polar surface area (TPSA) is 114 Å². The molecule has 2 N–H and O–H groups in total. The van der Waals surface area contributed by atoms with Crippen LogP contribution in [0, 0.1) is 0 Å². The van der Waals surface area contributed by atoms with Crippen molar-refractivity contribution in [2.24, 2.45) is 0 Å². The Labute approximate surface area is 192 Å². The highest BCUT2D eigenvalue weighted by Crippen LogP contribution is 2.29. The quantitative estimate of drug-likeness (QED) is 0.434. The van der Waals surface area contributed by atoms with Crippen LogP contribution in [0.4, 0.5) is 11.6 Å². The van der Waals surface area contributed by atoms with Crippen molar-refractivity contribution in [1.29, 1.82) is 0 Å². The van der Waals surface area contributed by atoms with Crippen LogP contribution in [-0.2, 0) is 26.7 Å². The average Bonchev–Trinajstić information content (AvgIpc) is 3.16. The van der Waals surface area contributed by atoms with E-state index in [4.69, 9.17) is 4.42 Å². The van der Waals surface area contributed by atoms with Crippen LogP contribution in [0.15, 0.2) is 76.5 Å². The fourth-order valence-corrected chi connectivity index (χ4v) is 4.27. The first kappa shape index (κ1) is 22.5. The van der Waals surface area contributed by atoms with E-state index in [-0.39, 0.29) is 28.6 Å². The molecule has 2 aromatic carbocycles. The molecule has 0 radical (unpaired) electrons. The molecule has 4 rings (SSSR count). The van der Waals surface area contributed by atoms with Crippen molar-refractivity contribution < 1.29 is 17.6 Å². The maximum atomic E-state index is 12.6. The lowest BCUT2D eigenvalue weighted by Crippen LogP contribution is -2.16. The van der Waals surface area contributed by atoms with Gasteiger partial charge in [-0.2, -0.15) is 0 Å². The molecule has 0 unspecified atom stereocenters. The van der Waals surface area contributed by atoms with Crippen LogP contribution in [0.3, 0.4) is 0 Å². The number of carbonyl (C=O) groups excluding carboxylic acids is 1. The minimum Gasteiger partial charge on any atom is -0.464 e. The molecule has 1 amide bonds. The monoisotopic (exact) mass is 464 g/mol. The van der Waals surface area contributed by atoms with Gasteiger partial charge in [0.2, 0.25) is 11.9 Å². The highest BCUT2D eigenvalue weighted by molar-refractivity contribution is 7.92. The molecule has 0 aliphatic heterocycles. The molecule has 4 aromatic rings. The van der Waals surface area contributed by atoms with Gasteiger partial charge in [0.1, 0.15) is 5.58 Å². The van der Waals surface area contributed by atoms with E-state index in [9.17, 15) is 13.2 Å². The lowest BCUT2D eigenvalue weighted by molar-refractivity contribution is -0.115. The fourth-order valence-electron chi connectivity index (χ4n) is 3.31. The zero-order valence-corrected chi connectivity index (χ0v) is 19.3. The molecule has 2 heterocycles. The summed E-state index contributed by atoms with van der Waals surface area (Å²) >= 11 is 0. The third-order valence-corrected chi connectivity index (χ3v) is 6.45. The summed E-state index contributed by atoms with van der Waals surface area (Å²) in [6, 6.07) is 13.5. The molecule has 0 fully saturated rings. The highest BCUT2D eigenvalue weighted by Gasteiger charge is 2.18. The molecular weight excluding hydrogens is 440 g/mol. The Morgan fingerprint density at radius 1 is 1.03 bits per heavy atom. The van der Waals surface area contributed by atoms with Gasteiger partial charge in [0.15, 0.2) is 0 Å². The predicted octanol–water partition coefficient (Wildman–Crippen LogP) is 4.50. The number of benzene rings is 2. The van der Waals surface area contributed by atoms with Gasteiger partial charge in [-0.1, -0.05) is 26.8 Å². The maximum absolute atomic E-state index is 12.6. The summed E-state index contributed by atoms with van der Waals surface area (Å²) < 4.78 is 32.9. The van der Waals surface area contributed by atoms with E-state index in [0.29, 0.717) is 5.69 Å². The molecule has 0 aliphatic rings. The van der Waals surface area contributed by atoms with Crippen molar-refractivity contribution in [3.63, 3.8) is 0 Å². The van der Waals surface area contributed by atoms with E-state index in [1.807, 2.05) is 12.1 Å². The Morgan fingerprint density at radius 2 is 1.73 bits per heavy atom. The second-order valence-electron chi connectivity index (χ2n) is 8.65. The van der Waals surface area contributed by atoms with E-state index < -0.39 is 10.0 Å². The molecule has 0 aliphatic carbocycles. The first-order chi connectivity index (χ1) is 15.6. The Hall–Kier alpha value is -3.72. The molecule has 0 saturated heterocycles. The van der Waals surface area contributed by atoms with Crippen LogP contribution in [-0.4, -0.2) is 24.3 Å². The number of carbonyl (C=O) groups is 1. The van der Waals surface area contributed by atoms with E-state index in [2.05, 4.69) is 46.8 Å². The van der Waals surface area contributed by atoms with Crippen LogP contribution in [0.5, 0.6) is 0 Å². The maximum Gasteiger partial charge on any atom is 0.264 e. The Morgan fingerprint density at radius 3 is 2.39 bits per heavy atom. The normalized spacial score (nSPS) is 12.0. The number of aromatic nitrogens is 2. The van der Waals surface area contributed by atoms with Gasteiger partial charge in [-0.15, -0.1) is 0 Å². The summed E-state index contributed by atoms with van der Waals surface area (Å²) in [5.74, 6) is -0.248. The smallest absolute Gasteiger partial charge is 0.264 e. The molecule has 2 aromatic heterocycles. The minimum atomic E-state index is -3.84. The Kier molecular flexibility index (Phi) is 5.90. The van der Waals surface area contributed by atoms with E-state index in [1.54, 1.807) is 12.3 Å². The van der Waals surface area contributed by atoms with Crippen molar-refractivity contribution in [2.75, 3.05) is 10.0 Å². The third kappa shape index (κ3) is 5.20. The number of anilines is 2. The lowest BCUT2D eigenvalue weighted by atomic mass is 9.86. The first-order valence-corrected chi connectivity index (χ1v) is 11.8. The van der Waals surface area contributed by atoms with Crippen molar-refractivity contribution >= 4 is 38.5 Å². The largest absolute Gasteiger partial charge is 0.464 e.